The maximum Gasteiger partial charge on any atom is 0.177 e. The average Bonchev–Trinajstić information content (AvgIpc) is 3.07. The van der Waals surface area contributed by atoms with Gasteiger partial charge in [0.15, 0.2) is 11.3 Å². The molecule has 0 amide bonds. The molecule has 4 heteroatoms. The molecule has 0 aliphatic heterocycles. The average molecular weight is 346 g/mol. The molecule has 0 radical (unpaired) electrons. The third kappa shape index (κ3) is 2.24. The molecule has 4 rings (SSSR count). The lowest BCUT2D eigenvalue weighted by atomic mass is 9.65. The monoisotopic (exact) mass is 346 g/mol. The first-order valence-electron chi connectivity index (χ1n) is 8.58. The van der Waals surface area contributed by atoms with E-state index in [-0.39, 0.29) is 5.78 Å². The van der Waals surface area contributed by atoms with Crippen LogP contribution in [-0.4, -0.2) is 19.2 Å². The smallest absolute Gasteiger partial charge is 0.177 e. The van der Waals surface area contributed by atoms with E-state index in [0.717, 1.165) is 28.2 Å². The predicted molar refractivity (Wildman–Crippen MR) is 99.2 cm³/mol. The Hall–Kier alpha value is -3.06. The van der Waals surface area contributed by atoms with E-state index in [4.69, 9.17) is 15.6 Å². The van der Waals surface area contributed by atoms with Gasteiger partial charge in [0.05, 0.1) is 18.4 Å². The molecule has 3 aromatic rings. The number of carbonyl (C=O) groups is 2. The SMILES string of the molecule is C#CC1(c2ccc(OC)c3oc4ccccc4c23)CCC(=O)C(C=O)C1. The Balaban J connectivity index is 2.03. The maximum atomic E-state index is 12.0. The number of terminal acetylenes is 1. The summed E-state index contributed by atoms with van der Waals surface area (Å²) in [5.41, 5.74) is 1.62. The summed E-state index contributed by atoms with van der Waals surface area (Å²) in [7, 11) is 1.60. The summed E-state index contributed by atoms with van der Waals surface area (Å²) in [5, 5.41) is 1.85. The third-order valence-corrected chi connectivity index (χ3v) is 5.45. The zero-order valence-corrected chi connectivity index (χ0v) is 14.5. The minimum atomic E-state index is -0.684. The minimum Gasteiger partial charge on any atom is -0.493 e. The van der Waals surface area contributed by atoms with E-state index >= 15 is 0 Å². The van der Waals surface area contributed by atoms with Crippen LogP contribution in [-0.2, 0) is 15.0 Å². The van der Waals surface area contributed by atoms with Crippen LogP contribution in [0.15, 0.2) is 40.8 Å². The first-order chi connectivity index (χ1) is 12.6. The van der Waals surface area contributed by atoms with E-state index < -0.39 is 11.3 Å². The fraction of sp³-hybridized carbons (Fsp3) is 0.273. The number of fused-ring (bicyclic) bond motifs is 3. The molecule has 0 N–H and O–H groups in total. The van der Waals surface area contributed by atoms with Crippen LogP contribution in [0.25, 0.3) is 21.9 Å². The Kier molecular flexibility index (Phi) is 3.81. The number of ketones is 1. The summed E-state index contributed by atoms with van der Waals surface area (Å²) in [6.07, 6.45) is 7.84. The minimum absolute atomic E-state index is 0.0346. The number of methoxy groups -OCH3 is 1. The number of hydrogen-bond acceptors (Lipinski definition) is 4. The van der Waals surface area contributed by atoms with Crippen molar-refractivity contribution < 1.29 is 18.7 Å². The van der Waals surface area contributed by atoms with E-state index in [1.807, 2.05) is 36.4 Å². The van der Waals surface area contributed by atoms with Gasteiger partial charge in [0.25, 0.3) is 0 Å². The van der Waals surface area contributed by atoms with Gasteiger partial charge in [0.1, 0.15) is 17.7 Å². The highest BCUT2D eigenvalue weighted by molar-refractivity contribution is 6.09. The molecule has 1 fully saturated rings. The van der Waals surface area contributed by atoms with Crippen molar-refractivity contribution in [1.82, 2.24) is 0 Å². The van der Waals surface area contributed by atoms with Crippen LogP contribution in [0.5, 0.6) is 5.75 Å². The van der Waals surface area contributed by atoms with E-state index in [0.29, 0.717) is 30.6 Å². The van der Waals surface area contributed by atoms with Crippen LogP contribution < -0.4 is 4.74 Å². The van der Waals surface area contributed by atoms with Gasteiger partial charge < -0.3 is 13.9 Å². The highest BCUT2D eigenvalue weighted by Crippen LogP contribution is 2.47. The highest BCUT2D eigenvalue weighted by atomic mass is 16.5. The van der Waals surface area contributed by atoms with Crippen molar-refractivity contribution in [3.8, 4) is 18.1 Å². The lowest BCUT2D eigenvalue weighted by Crippen LogP contribution is -2.37. The molecular formula is C22H18O4. The number of ether oxygens (including phenoxy) is 1. The van der Waals surface area contributed by atoms with Crippen LogP contribution in [0, 0.1) is 18.3 Å². The zero-order valence-electron chi connectivity index (χ0n) is 14.5. The molecule has 0 spiro atoms. The van der Waals surface area contributed by atoms with Gasteiger partial charge in [-0.3, -0.25) is 4.79 Å². The third-order valence-electron chi connectivity index (χ3n) is 5.45. The number of furan rings is 1. The Morgan fingerprint density at radius 3 is 2.85 bits per heavy atom. The topological polar surface area (TPSA) is 56.5 Å². The molecule has 1 aromatic heterocycles. The van der Waals surface area contributed by atoms with Crippen LogP contribution >= 0.6 is 0 Å². The van der Waals surface area contributed by atoms with Crippen LogP contribution in [0.3, 0.4) is 0 Å². The Labute approximate surface area is 151 Å². The first-order valence-corrected chi connectivity index (χ1v) is 8.58. The molecular weight excluding hydrogens is 328 g/mol. The Morgan fingerprint density at radius 2 is 2.12 bits per heavy atom. The van der Waals surface area contributed by atoms with Crippen molar-refractivity contribution in [3.63, 3.8) is 0 Å². The fourth-order valence-electron chi connectivity index (χ4n) is 4.05. The molecule has 2 unspecified atom stereocenters. The van der Waals surface area contributed by atoms with Crippen molar-refractivity contribution in [2.75, 3.05) is 7.11 Å². The van der Waals surface area contributed by atoms with Crippen molar-refractivity contribution >= 4 is 34.0 Å². The van der Waals surface area contributed by atoms with E-state index in [1.165, 1.54) is 0 Å². The molecule has 4 nitrogen and oxygen atoms in total. The zero-order chi connectivity index (χ0) is 18.3. The number of carbonyl (C=O) groups excluding carboxylic acids is 2. The largest absolute Gasteiger partial charge is 0.493 e. The van der Waals surface area contributed by atoms with Gasteiger partial charge in [0.2, 0.25) is 0 Å². The quantitative estimate of drug-likeness (QED) is 0.408. The fourth-order valence-corrected chi connectivity index (χ4v) is 4.05. The number of rotatable bonds is 3. The Bertz CT molecular complexity index is 1070. The number of hydrogen-bond donors (Lipinski definition) is 0. The summed E-state index contributed by atoms with van der Waals surface area (Å²) in [4.78, 5) is 23.5. The Morgan fingerprint density at radius 1 is 1.31 bits per heavy atom. The van der Waals surface area contributed by atoms with Crippen LogP contribution in [0.2, 0.25) is 0 Å². The second-order valence-electron chi connectivity index (χ2n) is 6.76. The van der Waals surface area contributed by atoms with E-state index in [1.54, 1.807) is 7.11 Å². The van der Waals surface area contributed by atoms with Crippen molar-refractivity contribution in [1.29, 1.82) is 0 Å². The molecule has 2 atom stereocenters. The normalized spacial score (nSPS) is 23.1. The van der Waals surface area contributed by atoms with Gasteiger partial charge in [0, 0.05) is 17.2 Å². The molecule has 0 saturated heterocycles. The summed E-state index contributed by atoms with van der Waals surface area (Å²) in [5.74, 6) is 2.85. The van der Waals surface area contributed by atoms with Gasteiger partial charge in [-0.05, 0) is 30.5 Å². The van der Waals surface area contributed by atoms with E-state index in [2.05, 4.69) is 5.92 Å². The van der Waals surface area contributed by atoms with Gasteiger partial charge in [-0.25, -0.2) is 0 Å². The van der Waals surface area contributed by atoms with Gasteiger partial charge >= 0.3 is 0 Å². The van der Waals surface area contributed by atoms with Crippen molar-refractivity contribution in [3.05, 3.63) is 42.0 Å². The number of aldehydes is 1. The molecule has 26 heavy (non-hydrogen) atoms. The lowest BCUT2D eigenvalue weighted by molar-refractivity contribution is -0.130. The predicted octanol–water partition coefficient (Wildman–Crippen LogP) is 4.03. The lowest BCUT2D eigenvalue weighted by Gasteiger charge is -2.35. The second kappa shape index (κ2) is 6.03. The van der Waals surface area contributed by atoms with Gasteiger partial charge in [-0.2, -0.15) is 0 Å². The molecule has 2 aromatic carbocycles. The van der Waals surface area contributed by atoms with Crippen molar-refractivity contribution in [2.24, 2.45) is 5.92 Å². The van der Waals surface area contributed by atoms with Crippen molar-refractivity contribution in [2.45, 2.75) is 24.7 Å². The molecule has 1 saturated carbocycles. The molecule has 0 bridgehead atoms. The standard InChI is InChI=1S/C22H18O4/c1-3-22(11-10-17(24)14(12-22)13-23)16-8-9-19(25-2)21-20(16)15-6-4-5-7-18(15)26-21/h1,4-9,13-14H,10-12H2,2H3. The van der Waals surface area contributed by atoms with Gasteiger partial charge in [-0.1, -0.05) is 30.2 Å². The summed E-state index contributed by atoms with van der Waals surface area (Å²) in [6, 6.07) is 11.5. The number of Topliss-reactive ketones (excluding diaryl/α,β-unsaturated/α-hetero) is 1. The van der Waals surface area contributed by atoms with Gasteiger partial charge in [-0.15, -0.1) is 6.42 Å². The van der Waals surface area contributed by atoms with Crippen LogP contribution in [0.1, 0.15) is 24.8 Å². The molecule has 1 aliphatic carbocycles. The first kappa shape index (κ1) is 16.4. The van der Waals surface area contributed by atoms with E-state index in [9.17, 15) is 9.59 Å². The molecule has 1 heterocycles. The maximum absolute atomic E-state index is 12.0. The van der Waals surface area contributed by atoms with Crippen LogP contribution in [0.4, 0.5) is 0 Å². The molecule has 130 valence electrons. The summed E-state index contributed by atoms with van der Waals surface area (Å²) >= 11 is 0. The molecule has 1 aliphatic rings. The summed E-state index contributed by atoms with van der Waals surface area (Å²) in [6.45, 7) is 0. The number of benzene rings is 2. The summed E-state index contributed by atoms with van der Waals surface area (Å²) < 4.78 is 11.5. The number of para-hydroxylation sites is 1. The highest BCUT2D eigenvalue weighted by Gasteiger charge is 2.42. The second-order valence-corrected chi connectivity index (χ2v) is 6.76.